The number of quaternary nitrogens is 1. The lowest BCUT2D eigenvalue weighted by Gasteiger charge is -2.31. The van der Waals surface area contributed by atoms with Crippen LogP contribution in [0.15, 0.2) is 36.5 Å². The zero-order valence-electron chi connectivity index (χ0n) is 35.7. The summed E-state index contributed by atoms with van der Waals surface area (Å²) in [6.07, 6.45) is 41.8. The number of hydrogen-bond donors (Lipinski definition) is 1. The molecule has 0 aliphatic carbocycles. The number of carbonyl (C=O) groups is 3. The van der Waals surface area contributed by atoms with Crippen LogP contribution in [0.3, 0.4) is 0 Å². The zero-order valence-corrected chi connectivity index (χ0v) is 35.7. The smallest absolute Gasteiger partial charge is 0.362 e. The summed E-state index contributed by atoms with van der Waals surface area (Å²) in [4.78, 5) is 37.0. The van der Waals surface area contributed by atoms with Gasteiger partial charge in [0.25, 0.3) is 0 Å². The van der Waals surface area contributed by atoms with Crippen molar-refractivity contribution in [3.8, 4) is 0 Å². The molecule has 0 amide bonds. The second-order valence-corrected chi connectivity index (χ2v) is 16.0. The summed E-state index contributed by atoms with van der Waals surface area (Å²) in [7, 11) is 5.52. The van der Waals surface area contributed by atoms with E-state index in [1.807, 2.05) is 21.1 Å². The molecule has 0 rings (SSSR count). The average molecular weight is 763 g/mol. The highest BCUT2D eigenvalue weighted by molar-refractivity contribution is 5.72. The second-order valence-electron chi connectivity index (χ2n) is 16.0. The third-order valence-corrected chi connectivity index (χ3v) is 9.87. The monoisotopic (exact) mass is 763 g/mol. The Morgan fingerprint density at radius 2 is 1.04 bits per heavy atom. The lowest BCUT2D eigenvalue weighted by atomic mass is 10.0. The molecule has 0 saturated carbocycles. The fourth-order valence-corrected chi connectivity index (χ4v) is 6.44. The van der Waals surface area contributed by atoms with Gasteiger partial charge in [0.2, 0.25) is 0 Å². The predicted octanol–water partition coefficient (Wildman–Crippen LogP) is 11.9. The van der Waals surface area contributed by atoms with Gasteiger partial charge in [0.15, 0.2) is 12.1 Å². The molecular weight excluding hydrogens is 679 g/mol. The molecule has 0 aromatic heterocycles. The van der Waals surface area contributed by atoms with E-state index < -0.39 is 18.1 Å². The van der Waals surface area contributed by atoms with Gasteiger partial charge in [-0.25, -0.2) is 4.79 Å². The molecule has 314 valence electrons. The number of allylic oxidation sites excluding steroid dienone is 6. The molecule has 0 saturated heterocycles. The molecule has 2 unspecified atom stereocenters. The number of hydrogen-bond acceptors (Lipinski definition) is 6. The zero-order chi connectivity index (χ0) is 40.0. The number of likely N-dealkylation sites (N-methyl/N-ethyl adjacent to an activating group) is 1. The summed E-state index contributed by atoms with van der Waals surface area (Å²) >= 11 is 0. The molecule has 8 nitrogen and oxygen atoms in total. The number of nitrogens with zero attached hydrogens (tertiary/aromatic N) is 1. The summed E-state index contributed by atoms with van der Waals surface area (Å²) in [6, 6.07) is -0.614. The van der Waals surface area contributed by atoms with Crippen LogP contribution in [0.4, 0.5) is 0 Å². The van der Waals surface area contributed by atoms with E-state index in [2.05, 4.69) is 50.3 Å². The summed E-state index contributed by atoms with van der Waals surface area (Å²) in [6.45, 7) is 4.61. The largest absolute Gasteiger partial charge is 0.477 e. The molecule has 0 fully saturated rings. The van der Waals surface area contributed by atoms with Crippen molar-refractivity contribution < 1.29 is 38.2 Å². The van der Waals surface area contributed by atoms with Crippen LogP contribution in [0, 0.1) is 0 Å². The number of ether oxygens (including phenoxy) is 3. The first-order valence-corrected chi connectivity index (χ1v) is 22.1. The number of unbranched alkanes of at least 4 members (excludes halogenated alkanes) is 21. The Morgan fingerprint density at radius 1 is 0.574 bits per heavy atom. The molecule has 2 atom stereocenters. The SMILES string of the molecule is CC/C=C/C=C/C=C/CCCCCCCCCC(=O)OCC(COCCC(C(=O)O)[N+](C)(C)C)OC(=O)CCCCCCCCCCCCCCCCC. The Balaban J connectivity index is 4.34. The number of rotatable bonds is 39. The number of carbonyl (C=O) groups excluding carboxylic acids is 2. The second kappa shape index (κ2) is 37.5. The van der Waals surface area contributed by atoms with Crippen LogP contribution in [0.1, 0.15) is 187 Å². The Morgan fingerprint density at radius 3 is 1.52 bits per heavy atom. The topological polar surface area (TPSA) is 99.1 Å². The van der Waals surface area contributed by atoms with E-state index >= 15 is 0 Å². The molecule has 0 aliphatic rings. The fraction of sp³-hybridized carbons (Fsp3) is 0.804. The Kier molecular flexibility index (Phi) is 35.8. The Labute approximate surface area is 332 Å². The van der Waals surface area contributed by atoms with Crippen LogP contribution < -0.4 is 0 Å². The van der Waals surface area contributed by atoms with Crippen molar-refractivity contribution in [3.05, 3.63) is 36.5 Å². The van der Waals surface area contributed by atoms with Crippen molar-refractivity contribution >= 4 is 17.9 Å². The van der Waals surface area contributed by atoms with Crippen LogP contribution in [-0.4, -0.2) is 80.6 Å². The van der Waals surface area contributed by atoms with Crippen molar-refractivity contribution in [3.63, 3.8) is 0 Å². The summed E-state index contributed by atoms with van der Waals surface area (Å²) < 4.78 is 17.3. The minimum absolute atomic E-state index is 0.0548. The van der Waals surface area contributed by atoms with E-state index in [1.54, 1.807) is 0 Å². The Hall–Kier alpha value is -2.45. The number of esters is 2. The maximum absolute atomic E-state index is 12.7. The molecule has 0 radical (unpaired) electrons. The van der Waals surface area contributed by atoms with Gasteiger partial charge in [-0.2, -0.15) is 0 Å². The number of carboxylic acids is 1. The minimum Gasteiger partial charge on any atom is -0.477 e. The highest BCUT2D eigenvalue weighted by atomic mass is 16.6. The quantitative estimate of drug-likeness (QED) is 0.0288. The van der Waals surface area contributed by atoms with E-state index in [1.165, 1.54) is 103 Å². The maximum atomic E-state index is 12.7. The standard InChI is InChI=1S/C46H83NO7/c1-6-8-10-12-14-16-18-20-22-24-26-28-30-32-34-36-44(48)53-41-42(40-52-39-38-43(46(50)51)47(3,4)5)54-45(49)37-35-33-31-29-27-25-23-21-19-17-15-13-11-9-7-2/h8,10,12,14,16,18,42-43H,6-7,9,11,13,15,17,19-41H2,1-5H3/p+1/b10-8+,14-12+,18-16+. The van der Waals surface area contributed by atoms with Crippen molar-refractivity contribution in [1.29, 1.82) is 0 Å². The van der Waals surface area contributed by atoms with Crippen LogP contribution in [0.25, 0.3) is 0 Å². The first kappa shape index (κ1) is 51.5. The Bertz CT molecular complexity index is 984. The minimum atomic E-state index is -0.876. The maximum Gasteiger partial charge on any atom is 0.362 e. The predicted molar refractivity (Wildman–Crippen MR) is 225 cm³/mol. The van der Waals surface area contributed by atoms with Crippen molar-refractivity contribution in [2.45, 2.75) is 199 Å². The number of carboxylic acid groups (broad SMARTS) is 1. The van der Waals surface area contributed by atoms with Crippen LogP contribution in [0.5, 0.6) is 0 Å². The van der Waals surface area contributed by atoms with Crippen LogP contribution >= 0.6 is 0 Å². The summed E-state index contributed by atoms with van der Waals surface area (Å²) in [5, 5.41) is 9.61. The van der Waals surface area contributed by atoms with Crippen LogP contribution in [-0.2, 0) is 28.6 Å². The molecule has 8 heteroatoms. The number of aliphatic carboxylic acids is 1. The van der Waals surface area contributed by atoms with E-state index in [0.717, 1.165) is 51.4 Å². The molecule has 0 aromatic carbocycles. The molecule has 0 heterocycles. The molecular formula is C46H84NO7+. The van der Waals surface area contributed by atoms with Gasteiger partial charge in [-0.3, -0.25) is 9.59 Å². The van der Waals surface area contributed by atoms with Crippen LogP contribution in [0.2, 0.25) is 0 Å². The van der Waals surface area contributed by atoms with E-state index in [9.17, 15) is 19.5 Å². The van der Waals surface area contributed by atoms with Gasteiger partial charge in [-0.1, -0.05) is 172 Å². The summed E-state index contributed by atoms with van der Waals surface area (Å²) in [5.74, 6) is -1.48. The van der Waals surface area contributed by atoms with Gasteiger partial charge < -0.3 is 23.8 Å². The highest BCUT2D eigenvalue weighted by Gasteiger charge is 2.31. The molecule has 0 aliphatic heterocycles. The third-order valence-electron chi connectivity index (χ3n) is 9.87. The van der Waals surface area contributed by atoms with E-state index in [0.29, 0.717) is 19.3 Å². The van der Waals surface area contributed by atoms with Gasteiger partial charge in [-0.05, 0) is 32.1 Å². The lowest BCUT2D eigenvalue weighted by molar-refractivity contribution is -0.887. The first-order chi connectivity index (χ1) is 26.1. The van der Waals surface area contributed by atoms with Gasteiger partial charge in [0.05, 0.1) is 34.4 Å². The molecule has 0 bridgehead atoms. The average Bonchev–Trinajstić information content (AvgIpc) is 3.12. The molecule has 54 heavy (non-hydrogen) atoms. The van der Waals surface area contributed by atoms with Gasteiger partial charge in [0, 0.05) is 19.3 Å². The summed E-state index contributed by atoms with van der Waals surface area (Å²) in [5.41, 5.74) is 0. The lowest BCUT2D eigenvalue weighted by Crippen LogP contribution is -2.50. The molecule has 0 spiro atoms. The highest BCUT2D eigenvalue weighted by Crippen LogP contribution is 2.15. The third kappa shape index (κ3) is 35.3. The molecule has 0 aromatic rings. The normalized spacial score (nSPS) is 13.3. The van der Waals surface area contributed by atoms with E-state index in [4.69, 9.17) is 14.2 Å². The van der Waals surface area contributed by atoms with E-state index in [-0.39, 0.29) is 36.2 Å². The van der Waals surface area contributed by atoms with Crippen molar-refractivity contribution in [2.75, 3.05) is 41.0 Å². The van der Waals surface area contributed by atoms with Gasteiger partial charge in [0.1, 0.15) is 6.61 Å². The fourth-order valence-electron chi connectivity index (χ4n) is 6.44. The first-order valence-electron chi connectivity index (χ1n) is 22.1. The van der Waals surface area contributed by atoms with Gasteiger partial charge in [-0.15, -0.1) is 0 Å². The van der Waals surface area contributed by atoms with Crippen molar-refractivity contribution in [1.82, 2.24) is 0 Å². The van der Waals surface area contributed by atoms with Gasteiger partial charge >= 0.3 is 17.9 Å². The molecule has 1 N–H and O–H groups in total. The van der Waals surface area contributed by atoms with Crippen molar-refractivity contribution in [2.24, 2.45) is 0 Å².